The van der Waals surface area contributed by atoms with Crippen molar-refractivity contribution in [3.8, 4) is 0 Å². The van der Waals surface area contributed by atoms with E-state index < -0.39 is 0 Å². The Labute approximate surface area is 98.2 Å². The summed E-state index contributed by atoms with van der Waals surface area (Å²) in [5, 5.41) is 9.95. The second-order valence-corrected chi connectivity index (χ2v) is 4.06. The number of carbonyl (C=O) groups excluding carboxylic acids is 2. The molecular formula is C10H15N3O2S. The van der Waals surface area contributed by atoms with Gasteiger partial charge in [-0.3, -0.25) is 9.59 Å². The quantitative estimate of drug-likeness (QED) is 0.605. The maximum atomic E-state index is 11.4. The summed E-state index contributed by atoms with van der Waals surface area (Å²) < 4.78 is 0. The lowest BCUT2D eigenvalue weighted by atomic mass is 10.4. The van der Waals surface area contributed by atoms with Gasteiger partial charge >= 0.3 is 0 Å². The molecule has 0 bridgehead atoms. The minimum absolute atomic E-state index is 0.0143. The fraction of sp³-hybridized carbons (Fsp3) is 0.400. The molecule has 6 heteroatoms. The molecule has 0 saturated heterocycles. The van der Waals surface area contributed by atoms with Crippen molar-refractivity contribution in [2.24, 2.45) is 0 Å². The first-order chi connectivity index (χ1) is 7.74. The lowest BCUT2D eigenvalue weighted by Crippen LogP contribution is -2.39. The third-order valence-electron chi connectivity index (χ3n) is 1.85. The van der Waals surface area contributed by atoms with Crippen molar-refractivity contribution in [1.82, 2.24) is 16.0 Å². The lowest BCUT2D eigenvalue weighted by molar-refractivity contribution is -0.120. The molecule has 1 rings (SSSR count). The van der Waals surface area contributed by atoms with Crippen LogP contribution in [-0.4, -0.2) is 38.5 Å². The van der Waals surface area contributed by atoms with Gasteiger partial charge in [-0.2, -0.15) is 0 Å². The Morgan fingerprint density at radius 2 is 2.12 bits per heavy atom. The number of carbonyl (C=O) groups is 2. The number of thiophene rings is 1. The van der Waals surface area contributed by atoms with Crippen molar-refractivity contribution in [1.29, 1.82) is 0 Å². The van der Waals surface area contributed by atoms with Crippen molar-refractivity contribution in [2.45, 2.75) is 0 Å². The van der Waals surface area contributed by atoms with E-state index in [0.29, 0.717) is 18.0 Å². The molecule has 0 aromatic carbocycles. The zero-order valence-electron chi connectivity index (χ0n) is 9.08. The molecule has 0 radical (unpaired) electrons. The molecule has 0 fully saturated rings. The van der Waals surface area contributed by atoms with Gasteiger partial charge in [0.1, 0.15) is 0 Å². The van der Waals surface area contributed by atoms with Crippen LogP contribution in [0.4, 0.5) is 0 Å². The van der Waals surface area contributed by atoms with E-state index >= 15 is 0 Å². The molecule has 2 amide bonds. The zero-order chi connectivity index (χ0) is 11.8. The monoisotopic (exact) mass is 241 g/mol. The van der Waals surface area contributed by atoms with E-state index in [9.17, 15) is 9.59 Å². The van der Waals surface area contributed by atoms with Crippen LogP contribution < -0.4 is 16.0 Å². The minimum Gasteiger partial charge on any atom is -0.353 e. The third kappa shape index (κ3) is 4.41. The van der Waals surface area contributed by atoms with Crippen LogP contribution in [0.2, 0.25) is 0 Å². The highest BCUT2D eigenvalue weighted by molar-refractivity contribution is 7.12. The smallest absolute Gasteiger partial charge is 0.261 e. The number of amides is 2. The molecule has 0 aliphatic heterocycles. The normalized spacial score (nSPS) is 9.81. The van der Waals surface area contributed by atoms with Gasteiger partial charge in [0, 0.05) is 13.1 Å². The van der Waals surface area contributed by atoms with Gasteiger partial charge in [-0.15, -0.1) is 11.3 Å². The van der Waals surface area contributed by atoms with Crippen molar-refractivity contribution in [3.05, 3.63) is 22.4 Å². The Kier molecular flexibility index (Phi) is 5.52. The maximum Gasteiger partial charge on any atom is 0.261 e. The van der Waals surface area contributed by atoms with Gasteiger partial charge in [0.2, 0.25) is 5.91 Å². The van der Waals surface area contributed by atoms with Crippen LogP contribution in [0.25, 0.3) is 0 Å². The first-order valence-corrected chi connectivity index (χ1v) is 5.85. The topological polar surface area (TPSA) is 70.2 Å². The average molecular weight is 241 g/mol. The summed E-state index contributed by atoms with van der Waals surface area (Å²) in [7, 11) is 1.81. The molecule has 1 aromatic rings. The molecule has 16 heavy (non-hydrogen) atoms. The van der Waals surface area contributed by atoms with E-state index in [2.05, 4.69) is 16.0 Å². The number of likely N-dealkylation sites (N-methyl/N-ethyl adjacent to an activating group) is 1. The number of hydrogen-bond donors (Lipinski definition) is 3. The van der Waals surface area contributed by atoms with Gasteiger partial charge < -0.3 is 16.0 Å². The largest absolute Gasteiger partial charge is 0.353 e. The summed E-state index contributed by atoms with van der Waals surface area (Å²) in [5.41, 5.74) is 0. The van der Waals surface area contributed by atoms with E-state index in [4.69, 9.17) is 0 Å². The fourth-order valence-corrected chi connectivity index (χ4v) is 1.68. The molecule has 88 valence electrons. The van der Waals surface area contributed by atoms with Crippen molar-refractivity contribution in [2.75, 3.05) is 26.7 Å². The van der Waals surface area contributed by atoms with Crippen LogP contribution in [0.5, 0.6) is 0 Å². The Hall–Kier alpha value is -1.40. The van der Waals surface area contributed by atoms with Crippen LogP contribution >= 0.6 is 11.3 Å². The second kappa shape index (κ2) is 6.97. The fourth-order valence-electron chi connectivity index (χ4n) is 1.04. The summed E-state index contributed by atoms with van der Waals surface area (Å²) in [6.45, 7) is 1.29. The van der Waals surface area contributed by atoms with Gasteiger partial charge in [0.05, 0.1) is 11.4 Å². The summed E-state index contributed by atoms with van der Waals surface area (Å²) in [6.07, 6.45) is 0. The SMILES string of the molecule is CNCCNC(=O)CNC(=O)c1cccs1. The van der Waals surface area contributed by atoms with Crippen LogP contribution in [0.1, 0.15) is 9.67 Å². The van der Waals surface area contributed by atoms with E-state index in [1.807, 2.05) is 12.4 Å². The molecular weight excluding hydrogens is 226 g/mol. The van der Waals surface area contributed by atoms with Gasteiger partial charge in [0.25, 0.3) is 5.91 Å². The first kappa shape index (κ1) is 12.7. The summed E-state index contributed by atoms with van der Waals surface area (Å²) in [5.74, 6) is -0.390. The molecule has 5 nitrogen and oxygen atoms in total. The average Bonchev–Trinajstić information content (AvgIpc) is 2.79. The molecule has 1 aromatic heterocycles. The maximum absolute atomic E-state index is 11.4. The first-order valence-electron chi connectivity index (χ1n) is 4.97. The number of nitrogens with one attached hydrogen (secondary N) is 3. The van der Waals surface area contributed by atoms with Crippen molar-refractivity contribution >= 4 is 23.2 Å². The highest BCUT2D eigenvalue weighted by Gasteiger charge is 2.07. The van der Waals surface area contributed by atoms with Gasteiger partial charge in [-0.05, 0) is 18.5 Å². The lowest BCUT2D eigenvalue weighted by Gasteiger charge is -2.05. The minimum atomic E-state index is -0.209. The Bertz CT molecular complexity index is 338. The van der Waals surface area contributed by atoms with Crippen molar-refractivity contribution in [3.63, 3.8) is 0 Å². The second-order valence-electron chi connectivity index (χ2n) is 3.11. The Morgan fingerprint density at radius 3 is 2.75 bits per heavy atom. The van der Waals surface area contributed by atoms with Crippen molar-refractivity contribution < 1.29 is 9.59 Å². The predicted molar refractivity (Wildman–Crippen MR) is 63.6 cm³/mol. The van der Waals surface area contributed by atoms with Crippen LogP contribution in [-0.2, 0) is 4.79 Å². The molecule has 1 heterocycles. The zero-order valence-corrected chi connectivity index (χ0v) is 9.89. The van der Waals surface area contributed by atoms with E-state index in [1.165, 1.54) is 11.3 Å². The van der Waals surface area contributed by atoms with Gasteiger partial charge in [-0.1, -0.05) is 6.07 Å². The predicted octanol–water partition coefficient (Wildman–Crippen LogP) is -0.187. The standard InChI is InChI=1S/C10H15N3O2S/c1-11-4-5-12-9(14)7-13-10(15)8-3-2-6-16-8/h2-3,6,11H,4-5,7H2,1H3,(H,12,14)(H,13,15). The molecule has 0 aliphatic rings. The summed E-state index contributed by atoms with van der Waals surface area (Å²) in [4.78, 5) is 23.3. The van der Waals surface area contributed by atoms with Gasteiger partial charge in [0.15, 0.2) is 0 Å². The Balaban J connectivity index is 2.19. The van der Waals surface area contributed by atoms with Gasteiger partial charge in [-0.25, -0.2) is 0 Å². The molecule has 0 atom stereocenters. The molecule has 0 saturated carbocycles. The van der Waals surface area contributed by atoms with Crippen LogP contribution in [0.3, 0.4) is 0 Å². The molecule has 0 unspecified atom stereocenters. The summed E-state index contributed by atoms with van der Waals surface area (Å²) in [6, 6.07) is 3.52. The molecule has 3 N–H and O–H groups in total. The van der Waals surface area contributed by atoms with Crippen LogP contribution in [0, 0.1) is 0 Å². The van der Waals surface area contributed by atoms with E-state index in [-0.39, 0.29) is 18.4 Å². The van der Waals surface area contributed by atoms with Crippen LogP contribution in [0.15, 0.2) is 17.5 Å². The highest BCUT2D eigenvalue weighted by atomic mass is 32.1. The van der Waals surface area contributed by atoms with E-state index in [0.717, 1.165) is 0 Å². The Morgan fingerprint density at radius 1 is 1.31 bits per heavy atom. The summed E-state index contributed by atoms with van der Waals surface area (Å²) >= 11 is 1.35. The molecule has 0 aliphatic carbocycles. The number of rotatable bonds is 6. The third-order valence-corrected chi connectivity index (χ3v) is 2.72. The highest BCUT2D eigenvalue weighted by Crippen LogP contribution is 2.07. The molecule has 0 spiro atoms. The van der Waals surface area contributed by atoms with E-state index in [1.54, 1.807) is 12.1 Å². The number of hydrogen-bond acceptors (Lipinski definition) is 4.